The predicted molar refractivity (Wildman–Crippen MR) is 94.3 cm³/mol. The Labute approximate surface area is 139 Å². The lowest BCUT2D eigenvalue weighted by molar-refractivity contribution is 0.104. The SMILES string of the molecule is O=C(C=Cc1cccc2[nH]ccc12)c1ccccc1OCCCl. The number of rotatable bonds is 6. The molecule has 3 rings (SSSR count). The maximum Gasteiger partial charge on any atom is 0.189 e. The van der Waals surface area contributed by atoms with Crippen LogP contribution < -0.4 is 4.74 Å². The summed E-state index contributed by atoms with van der Waals surface area (Å²) in [7, 11) is 0. The predicted octanol–water partition coefficient (Wildman–Crippen LogP) is 4.68. The third-order valence-corrected chi connectivity index (χ3v) is 3.68. The van der Waals surface area contributed by atoms with Crippen molar-refractivity contribution in [3.63, 3.8) is 0 Å². The molecule has 0 fully saturated rings. The molecule has 0 aliphatic heterocycles. The molecule has 23 heavy (non-hydrogen) atoms. The lowest BCUT2D eigenvalue weighted by Crippen LogP contribution is -2.04. The van der Waals surface area contributed by atoms with Crippen LogP contribution in [0.25, 0.3) is 17.0 Å². The number of fused-ring (bicyclic) bond motifs is 1. The normalized spacial score (nSPS) is 11.2. The Balaban J connectivity index is 1.86. The van der Waals surface area contributed by atoms with Gasteiger partial charge in [0.05, 0.1) is 11.4 Å². The smallest absolute Gasteiger partial charge is 0.189 e. The van der Waals surface area contributed by atoms with Gasteiger partial charge in [0.15, 0.2) is 5.78 Å². The van der Waals surface area contributed by atoms with Gasteiger partial charge in [-0.2, -0.15) is 0 Å². The van der Waals surface area contributed by atoms with Crippen molar-refractivity contribution in [1.82, 2.24) is 4.98 Å². The number of para-hydroxylation sites is 1. The number of hydrogen-bond acceptors (Lipinski definition) is 2. The fourth-order valence-corrected chi connectivity index (χ4v) is 2.53. The van der Waals surface area contributed by atoms with E-state index in [2.05, 4.69) is 4.98 Å². The van der Waals surface area contributed by atoms with E-state index in [1.807, 2.05) is 48.7 Å². The van der Waals surface area contributed by atoms with Crippen molar-refractivity contribution in [3.05, 3.63) is 71.9 Å². The first-order valence-electron chi connectivity index (χ1n) is 7.36. The molecule has 2 aromatic carbocycles. The summed E-state index contributed by atoms with van der Waals surface area (Å²) in [6, 6.07) is 15.1. The quantitative estimate of drug-likeness (QED) is 0.406. The Kier molecular flexibility index (Phi) is 4.79. The minimum Gasteiger partial charge on any atom is -0.492 e. The van der Waals surface area contributed by atoms with Crippen molar-refractivity contribution in [2.45, 2.75) is 0 Å². The number of aromatic amines is 1. The average molecular weight is 326 g/mol. The van der Waals surface area contributed by atoms with Crippen molar-refractivity contribution in [2.24, 2.45) is 0 Å². The fraction of sp³-hybridized carbons (Fsp3) is 0.105. The van der Waals surface area contributed by atoms with Gasteiger partial charge in [-0.25, -0.2) is 0 Å². The molecule has 3 aromatic rings. The Hall–Kier alpha value is -2.52. The molecule has 0 unspecified atom stereocenters. The topological polar surface area (TPSA) is 42.1 Å². The van der Waals surface area contributed by atoms with Gasteiger partial charge < -0.3 is 9.72 Å². The van der Waals surface area contributed by atoms with Crippen LogP contribution in [-0.4, -0.2) is 23.3 Å². The molecular weight excluding hydrogens is 310 g/mol. The van der Waals surface area contributed by atoms with E-state index in [0.29, 0.717) is 23.8 Å². The number of allylic oxidation sites excluding steroid dienone is 1. The van der Waals surface area contributed by atoms with Gasteiger partial charge in [0, 0.05) is 17.1 Å². The average Bonchev–Trinajstić information content (AvgIpc) is 3.07. The molecule has 0 radical (unpaired) electrons. The van der Waals surface area contributed by atoms with E-state index in [1.165, 1.54) is 0 Å². The number of H-pyrrole nitrogens is 1. The molecule has 1 N–H and O–H groups in total. The molecule has 4 heteroatoms. The van der Waals surface area contributed by atoms with E-state index in [1.54, 1.807) is 18.2 Å². The largest absolute Gasteiger partial charge is 0.492 e. The first-order valence-corrected chi connectivity index (χ1v) is 7.89. The molecule has 0 saturated carbocycles. The summed E-state index contributed by atoms with van der Waals surface area (Å²) in [5.74, 6) is 0.846. The lowest BCUT2D eigenvalue weighted by Gasteiger charge is -2.07. The van der Waals surface area contributed by atoms with E-state index in [9.17, 15) is 4.79 Å². The highest BCUT2D eigenvalue weighted by molar-refractivity contribution is 6.18. The highest BCUT2D eigenvalue weighted by atomic mass is 35.5. The number of benzene rings is 2. The van der Waals surface area contributed by atoms with Gasteiger partial charge in [0.25, 0.3) is 0 Å². The van der Waals surface area contributed by atoms with Gasteiger partial charge in [-0.3, -0.25) is 4.79 Å². The molecular formula is C19H16ClNO2. The van der Waals surface area contributed by atoms with Gasteiger partial charge in [-0.1, -0.05) is 30.3 Å². The molecule has 0 spiro atoms. The van der Waals surface area contributed by atoms with Crippen LogP contribution in [0.2, 0.25) is 0 Å². The van der Waals surface area contributed by atoms with Crippen molar-refractivity contribution in [1.29, 1.82) is 0 Å². The van der Waals surface area contributed by atoms with E-state index in [4.69, 9.17) is 16.3 Å². The number of aromatic nitrogens is 1. The van der Waals surface area contributed by atoms with Crippen LogP contribution in [0, 0.1) is 0 Å². The first kappa shape index (κ1) is 15.4. The number of carbonyl (C=O) groups excluding carboxylic acids is 1. The highest BCUT2D eigenvalue weighted by Gasteiger charge is 2.09. The Bertz CT molecular complexity index is 851. The zero-order valence-corrected chi connectivity index (χ0v) is 13.2. The standard InChI is InChI=1S/C19H16ClNO2/c20-11-13-23-19-7-2-1-5-16(19)18(22)9-8-14-4-3-6-17-15(14)10-12-21-17/h1-10,12,21H,11,13H2. The second kappa shape index (κ2) is 7.16. The van der Waals surface area contributed by atoms with E-state index in [0.717, 1.165) is 16.5 Å². The van der Waals surface area contributed by atoms with E-state index >= 15 is 0 Å². The van der Waals surface area contributed by atoms with Crippen molar-refractivity contribution in [3.8, 4) is 5.75 Å². The van der Waals surface area contributed by atoms with Gasteiger partial charge in [0.2, 0.25) is 0 Å². The van der Waals surface area contributed by atoms with Crippen LogP contribution in [0.4, 0.5) is 0 Å². The van der Waals surface area contributed by atoms with Crippen LogP contribution in [0.1, 0.15) is 15.9 Å². The summed E-state index contributed by atoms with van der Waals surface area (Å²) < 4.78 is 5.53. The van der Waals surface area contributed by atoms with Gasteiger partial charge in [-0.05, 0) is 35.9 Å². The van der Waals surface area contributed by atoms with Gasteiger partial charge in [0.1, 0.15) is 12.4 Å². The zero-order chi connectivity index (χ0) is 16.1. The molecule has 0 amide bonds. The molecule has 0 saturated heterocycles. The summed E-state index contributed by atoms with van der Waals surface area (Å²) in [5.41, 5.74) is 2.58. The number of nitrogens with one attached hydrogen (secondary N) is 1. The third-order valence-electron chi connectivity index (χ3n) is 3.53. The molecule has 116 valence electrons. The molecule has 0 aliphatic rings. The zero-order valence-electron chi connectivity index (χ0n) is 12.5. The second-order valence-corrected chi connectivity index (χ2v) is 5.40. The van der Waals surface area contributed by atoms with Crippen LogP contribution in [-0.2, 0) is 0 Å². The highest BCUT2D eigenvalue weighted by Crippen LogP contribution is 2.21. The van der Waals surface area contributed by atoms with E-state index in [-0.39, 0.29) is 5.78 Å². The lowest BCUT2D eigenvalue weighted by atomic mass is 10.1. The van der Waals surface area contributed by atoms with Gasteiger partial charge in [-0.15, -0.1) is 11.6 Å². The summed E-state index contributed by atoms with van der Waals surface area (Å²) in [6.07, 6.45) is 5.29. The molecule has 3 nitrogen and oxygen atoms in total. The number of ketones is 1. The van der Waals surface area contributed by atoms with Crippen LogP contribution in [0.15, 0.2) is 60.8 Å². The summed E-state index contributed by atoms with van der Waals surface area (Å²) in [6.45, 7) is 0.373. The molecule has 1 heterocycles. The monoisotopic (exact) mass is 325 g/mol. The minimum atomic E-state index is -0.0947. The van der Waals surface area contributed by atoms with Crippen molar-refractivity contribution < 1.29 is 9.53 Å². The first-order chi connectivity index (χ1) is 11.3. The van der Waals surface area contributed by atoms with Gasteiger partial charge >= 0.3 is 0 Å². The number of halogens is 1. The fourth-order valence-electron chi connectivity index (χ4n) is 2.45. The Morgan fingerprint density at radius 1 is 1.13 bits per heavy atom. The van der Waals surface area contributed by atoms with Crippen molar-refractivity contribution in [2.75, 3.05) is 12.5 Å². The van der Waals surface area contributed by atoms with Crippen LogP contribution >= 0.6 is 11.6 Å². The molecule has 1 aromatic heterocycles. The van der Waals surface area contributed by atoms with Crippen LogP contribution in [0.5, 0.6) is 5.75 Å². The molecule has 0 bridgehead atoms. The van der Waals surface area contributed by atoms with Crippen molar-refractivity contribution >= 4 is 34.4 Å². The third kappa shape index (κ3) is 3.46. The Morgan fingerprint density at radius 2 is 2.00 bits per heavy atom. The minimum absolute atomic E-state index is 0.0947. The maximum atomic E-state index is 12.5. The number of ether oxygens (including phenoxy) is 1. The Morgan fingerprint density at radius 3 is 2.87 bits per heavy atom. The summed E-state index contributed by atoms with van der Waals surface area (Å²) >= 11 is 5.64. The number of hydrogen-bond donors (Lipinski definition) is 1. The summed E-state index contributed by atoms with van der Waals surface area (Å²) in [5, 5.41) is 1.09. The molecule has 0 aliphatic carbocycles. The summed E-state index contributed by atoms with van der Waals surface area (Å²) in [4.78, 5) is 15.6. The molecule has 0 atom stereocenters. The number of carbonyl (C=O) groups is 1. The van der Waals surface area contributed by atoms with Crippen LogP contribution in [0.3, 0.4) is 0 Å². The second-order valence-electron chi connectivity index (χ2n) is 5.02. The maximum absolute atomic E-state index is 12.5. The number of alkyl halides is 1. The van der Waals surface area contributed by atoms with E-state index < -0.39 is 0 Å².